The number of aliphatic carboxylic acids is 1. The molecule has 1 heterocycles. The summed E-state index contributed by atoms with van der Waals surface area (Å²) in [6, 6.07) is 8.97. The summed E-state index contributed by atoms with van der Waals surface area (Å²) in [6.07, 6.45) is 2.30. The summed E-state index contributed by atoms with van der Waals surface area (Å²) in [5, 5.41) is 8.71. The maximum Gasteiger partial charge on any atom is 0.415 e. The van der Waals surface area contributed by atoms with Gasteiger partial charge in [0, 0.05) is 19.5 Å². The van der Waals surface area contributed by atoms with Crippen molar-refractivity contribution >= 4 is 12.1 Å². The van der Waals surface area contributed by atoms with E-state index in [0.717, 1.165) is 12.8 Å². The van der Waals surface area contributed by atoms with Crippen LogP contribution in [0.2, 0.25) is 0 Å². The fraction of sp³-hybridized carbons (Fsp3) is 0.467. The largest absolute Gasteiger partial charge is 0.481 e. The molecule has 1 fully saturated rings. The minimum atomic E-state index is -0.783. The zero-order valence-electron chi connectivity index (χ0n) is 11.3. The second kappa shape index (κ2) is 6.93. The van der Waals surface area contributed by atoms with Crippen molar-refractivity contribution in [1.82, 2.24) is 4.90 Å². The number of carboxylic acid groups (broad SMARTS) is 1. The number of benzene rings is 1. The van der Waals surface area contributed by atoms with Crippen molar-refractivity contribution in [2.45, 2.75) is 25.7 Å². The van der Waals surface area contributed by atoms with Crippen molar-refractivity contribution in [1.29, 1.82) is 0 Å². The van der Waals surface area contributed by atoms with Crippen molar-refractivity contribution < 1.29 is 19.4 Å². The van der Waals surface area contributed by atoms with Crippen LogP contribution in [0.25, 0.3) is 0 Å². The van der Waals surface area contributed by atoms with Crippen LogP contribution in [0.15, 0.2) is 30.3 Å². The van der Waals surface area contributed by atoms with Crippen molar-refractivity contribution in [3.05, 3.63) is 30.3 Å². The predicted octanol–water partition coefficient (Wildman–Crippen LogP) is 2.76. The lowest BCUT2D eigenvalue weighted by Gasteiger charge is -2.31. The number of nitrogens with zero attached hydrogens (tertiary/aromatic N) is 1. The average Bonchev–Trinajstić information content (AvgIpc) is 2.46. The van der Waals surface area contributed by atoms with Gasteiger partial charge < -0.3 is 14.7 Å². The molecule has 1 aromatic rings. The molecule has 1 aromatic carbocycles. The number of carbonyl (C=O) groups excluding carboxylic acids is 1. The van der Waals surface area contributed by atoms with Crippen LogP contribution in [0.1, 0.15) is 25.7 Å². The van der Waals surface area contributed by atoms with Crippen LogP contribution >= 0.6 is 0 Å². The highest BCUT2D eigenvalue weighted by atomic mass is 16.6. The first-order chi connectivity index (χ1) is 9.65. The number of likely N-dealkylation sites (tertiary alicyclic amines) is 1. The molecule has 1 saturated heterocycles. The van der Waals surface area contributed by atoms with Crippen LogP contribution in [0.3, 0.4) is 0 Å². The molecule has 1 amide bonds. The van der Waals surface area contributed by atoms with Gasteiger partial charge in [-0.25, -0.2) is 4.79 Å². The van der Waals surface area contributed by atoms with Crippen LogP contribution in [-0.2, 0) is 4.79 Å². The first kappa shape index (κ1) is 14.4. The number of hydrogen-bond acceptors (Lipinski definition) is 3. The first-order valence-corrected chi connectivity index (χ1v) is 6.89. The van der Waals surface area contributed by atoms with Crippen LogP contribution in [0.4, 0.5) is 4.79 Å². The number of carboxylic acids is 1. The fourth-order valence-electron chi connectivity index (χ4n) is 2.45. The Morgan fingerprint density at radius 1 is 1.30 bits per heavy atom. The molecule has 0 saturated carbocycles. The quantitative estimate of drug-likeness (QED) is 0.919. The Labute approximate surface area is 118 Å². The van der Waals surface area contributed by atoms with Crippen LogP contribution in [-0.4, -0.2) is 35.2 Å². The molecule has 108 valence electrons. The molecule has 1 N–H and O–H groups in total. The zero-order chi connectivity index (χ0) is 14.4. The maximum atomic E-state index is 12.0. The number of ether oxygens (including phenoxy) is 1. The second-order valence-corrected chi connectivity index (χ2v) is 5.07. The van der Waals surface area contributed by atoms with Gasteiger partial charge in [-0.15, -0.1) is 0 Å². The van der Waals surface area contributed by atoms with Gasteiger partial charge in [0.15, 0.2) is 0 Å². The van der Waals surface area contributed by atoms with E-state index in [1.54, 1.807) is 17.0 Å². The van der Waals surface area contributed by atoms with Crippen LogP contribution < -0.4 is 4.74 Å². The van der Waals surface area contributed by atoms with Gasteiger partial charge in [0.05, 0.1) is 0 Å². The van der Waals surface area contributed by atoms with E-state index in [9.17, 15) is 9.59 Å². The number of piperidine rings is 1. The minimum absolute atomic E-state index is 0.159. The van der Waals surface area contributed by atoms with Crippen molar-refractivity contribution in [3.8, 4) is 5.75 Å². The van der Waals surface area contributed by atoms with Gasteiger partial charge in [0.25, 0.3) is 0 Å². The van der Waals surface area contributed by atoms with E-state index in [1.165, 1.54) is 0 Å². The third kappa shape index (κ3) is 4.26. The number of amides is 1. The topological polar surface area (TPSA) is 66.8 Å². The Morgan fingerprint density at radius 3 is 2.75 bits per heavy atom. The molecule has 5 heteroatoms. The van der Waals surface area contributed by atoms with Gasteiger partial charge in [0.2, 0.25) is 0 Å². The molecule has 0 aromatic heterocycles. The van der Waals surface area contributed by atoms with Gasteiger partial charge in [-0.1, -0.05) is 18.2 Å². The molecule has 1 aliphatic heterocycles. The highest BCUT2D eigenvalue weighted by Crippen LogP contribution is 2.22. The van der Waals surface area contributed by atoms with E-state index < -0.39 is 5.97 Å². The Bertz CT molecular complexity index is 460. The van der Waals surface area contributed by atoms with Gasteiger partial charge in [-0.05, 0) is 37.3 Å². The monoisotopic (exact) mass is 277 g/mol. The average molecular weight is 277 g/mol. The number of rotatable bonds is 4. The van der Waals surface area contributed by atoms with Gasteiger partial charge in [0.1, 0.15) is 5.75 Å². The van der Waals surface area contributed by atoms with Crippen LogP contribution in [0, 0.1) is 5.92 Å². The number of para-hydroxylation sites is 1. The van der Waals surface area contributed by atoms with E-state index >= 15 is 0 Å². The predicted molar refractivity (Wildman–Crippen MR) is 73.6 cm³/mol. The molecular formula is C15H19NO4. The van der Waals surface area contributed by atoms with Crippen molar-refractivity contribution in [2.75, 3.05) is 13.1 Å². The molecule has 1 atom stereocenters. The van der Waals surface area contributed by atoms with E-state index in [2.05, 4.69) is 0 Å². The molecule has 1 aliphatic rings. The molecule has 0 radical (unpaired) electrons. The Hall–Kier alpha value is -2.04. The lowest BCUT2D eigenvalue weighted by atomic mass is 9.94. The van der Waals surface area contributed by atoms with E-state index in [-0.39, 0.29) is 18.4 Å². The summed E-state index contributed by atoms with van der Waals surface area (Å²) in [5.74, 6) is 0.00215. The van der Waals surface area contributed by atoms with Crippen LogP contribution in [0.5, 0.6) is 5.75 Å². The third-order valence-corrected chi connectivity index (χ3v) is 3.49. The second-order valence-electron chi connectivity index (χ2n) is 5.07. The lowest BCUT2D eigenvalue weighted by molar-refractivity contribution is -0.137. The normalized spacial score (nSPS) is 18.6. The highest BCUT2D eigenvalue weighted by molar-refractivity contribution is 5.70. The van der Waals surface area contributed by atoms with Crippen molar-refractivity contribution in [2.24, 2.45) is 5.92 Å². The zero-order valence-corrected chi connectivity index (χ0v) is 11.3. The van der Waals surface area contributed by atoms with Gasteiger partial charge >= 0.3 is 12.1 Å². The Morgan fingerprint density at radius 2 is 2.05 bits per heavy atom. The lowest BCUT2D eigenvalue weighted by Crippen LogP contribution is -2.41. The van der Waals surface area contributed by atoms with E-state index in [0.29, 0.717) is 25.3 Å². The SMILES string of the molecule is O=C(O)CCC1CCCN(C(=O)Oc2ccccc2)C1. The number of hydrogen-bond donors (Lipinski definition) is 1. The molecule has 0 aliphatic carbocycles. The Balaban J connectivity index is 1.85. The molecule has 1 unspecified atom stereocenters. The summed E-state index contributed by atoms with van der Waals surface area (Å²) in [6.45, 7) is 1.26. The Kier molecular flexibility index (Phi) is 4.98. The summed E-state index contributed by atoms with van der Waals surface area (Å²) in [7, 11) is 0. The standard InChI is InChI=1S/C15H19NO4/c17-14(18)9-8-12-5-4-10-16(11-12)15(19)20-13-6-2-1-3-7-13/h1-3,6-7,12H,4-5,8-11H2,(H,17,18). The van der Waals surface area contributed by atoms with Gasteiger partial charge in [-0.2, -0.15) is 0 Å². The highest BCUT2D eigenvalue weighted by Gasteiger charge is 2.25. The van der Waals surface area contributed by atoms with Gasteiger partial charge in [-0.3, -0.25) is 4.79 Å². The molecular weight excluding hydrogens is 258 g/mol. The van der Waals surface area contributed by atoms with E-state index in [4.69, 9.17) is 9.84 Å². The van der Waals surface area contributed by atoms with E-state index in [1.807, 2.05) is 18.2 Å². The molecule has 5 nitrogen and oxygen atoms in total. The summed E-state index contributed by atoms with van der Waals surface area (Å²) in [4.78, 5) is 24.3. The fourth-order valence-corrected chi connectivity index (χ4v) is 2.45. The summed E-state index contributed by atoms with van der Waals surface area (Å²) < 4.78 is 5.30. The number of carbonyl (C=O) groups is 2. The maximum absolute atomic E-state index is 12.0. The smallest absolute Gasteiger partial charge is 0.415 e. The molecule has 0 bridgehead atoms. The minimum Gasteiger partial charge on any atom is -0.481 e. The molecule has 0 spiro atoms. The summed E-state index contributed by atoms with van der Waals surface area (Å²) in [5.41, 5.74) is 0. The third-order valence-electron chi connectivity index (χ3n) is 3.49. The molecule has 20 heavy (non-hydrogen) atoms. The summed E-state index contributed by atoms with van der Waals surface area (Å²) >= 11 is 0. The molecule has 2 rings (SSSR count). The van der Waals surface area contributed by atoms with Crippen molar-refractivity contribution in [3.63, 3.8) is 0 Å². The first-order valence-electron chi connectivity index (χ1n) is 6.89.